The molecule has 144 valence electrons. The van der Waals surface area contributed by atoms with Gasteiger partial charge in [-0.25, -0.2) is 13.2 Å². The number of carboxylic acid groups (broad SMARTS) is 1. The summed E-state index contributed by atoms with van der Waals surface area (Å²) in [6, 6.07) is 5.82. The molecule has 9 heteroatoms. The summed E-state index contributed by atoms with van der Waals surface area (Å²) in [5, 5.41) is 12.3. The van der Waals surface area contributed by atoms with E-state index < -0.39 is 21.4 Å². The summed E-state index contributed by atoms with van der Waals surface area (Å²) in [5.41, 5.74) is -1.46. The Kier molecular flexibility index (Phi) is 6.85. The largest absolute Gasteiger partial charge is 0.479 e. The summed E-state index contributed by atoms with van der Waals surface area (Å²) < 4.78 is 35.6. The number of ether oxygens (including phenoxy) is 2. The zero-order valence-corrected chi connectivity index (χ0v) is 15.4. The number of aliphatic carboxylic acids is 1. The minimum atomic E-state index is -3.70. The molecule has 1 N–H and O–H groups in total. The molecular formula is C17H23NO7S. The lowest BCUT2D eigenvalue weighted by Crippen LogP contribution is -2.41. The first-order chi connectivity index (χ1) is 12.3. The summed E-state index contributed by atoms with van der Waals surface area (Å²) in [7, 11) is -2.28. The van der Waals surface area contributed by atoms with Gasteiger partial charge < -0.3 is 14.6 Å². The van der Waals surface area contributed by atoms with Crippen molar-refractivity contribution in [2.45, 2.75) is 42.6 Å². The maximum absolute atomic E-state index is 12.7. The van der Waals surface area contributed by atoms with E-state index in [0.717, 1.165) is 0 Å². The van der Waals surface area contributed by atoms with E-state index in [1.165, 1.54) is 19.2 Å². The number of rotatable bonds is 8. The quantitative estimate of drug-likeness (QED) is 0.415. The van der Waals surface area contributed by atoms with Gasteiger partial charge >= 0.3 is 5.97 Å². The number of benzene rings is 1. The molecule has 2 unspecified atom stereocenters. The molecule has 1 fully saturated rings. The Hall–Kier alpha value is -1.84. The Balaban J connectivity index is 2.14. The molecule has 0 aromatic heterocycles. The molecule has 0 radical (unpaired) electrons. The molecule has 0 bridgehead atoms. The smallest absolute Gasteiger partial charge is 0.336 e. The van der Waals surface area contributed by atoms with Crippen LogP contribution >= 0.6 is 0 Å². The topological polar surface area (TPSA) is 119 Å². The Labute approximate surface area is 152 Å². The second-order valence-corrected chi connectivity index (χ2v) is 8.49. The second-order valence-electron chi connectivity index (χ2n) is 6.49. The lowest BCUT2D eigenvalue weighted by atomic mass is 9.94. The van der Waals surface area contributed by atoms with Crippen LogP contribution in [0.15, 0.2) is 34.3 Å². The zero-order chi connectivity index (χ0) is 19.2. The van der Waals surface area contributed by atoms with Crippen molar-refractivity contribution in [1.82, 2.24) is 0 Å². The van der Waals surface area contributed by atoms with E-state index in [4.69, 9.17) is 9.47 Å². The average Bonchev–Trinajstić information content (AvgIpc) is 2.82. The predicted octanol–water partition coefficient (Wildman–Crippen LogP) is 2.88. The van der Waals surface area contributed by atoms with Gasteiger partial charge in [0.2, 0.25) is 0 Å². The minimum Gasteiger partial charge on any atom is -0.479 e. The van der Waals surface area contributed by atoms with Gasteiger partial charge in [0.1, 0.15) is 12.5 Å². The molecule has 26 heavy (non-hydrogen) atoms. The third-order valence-corrected chi connectivity index (χ3v) is 6.67. The van der Waals surface area contributed by atoms with Crippen LogP contribution in [-0.2, 0) is 24.1 Å². The highest BCUT2D eigenvalue weighted by Gasteiger charge is 2.42. The van der Waals surface area contributed by atoms with Gasteiger partial charge in [-0.3, -0.25) is 0 Å². The number of carboxylic acids is 1. The van der Waals surface area contributed by atoms with E-state index in [0.29, 0.717) is 25.7 Å². The van der Waals surface area contributed by atoms with Crippen LogP contribution in [0.3, 0.4) is 0 Å². The maximum atomic E-state index is 12.7. The fourth-order valence-corrected chi connectivity index (χ4v) is 5.18. The van der Waals surface area contributed by atoms with Crippen LogP contribution in [0.4, 0.5) is 5.69 Å². The third kappa shape index (κ3) is 4.66. The van der Waals surface area contributed by atoms with Crippen molar-refractivity contribution in [2.24, 2.45) is 11.1 Å². The average molecular weight is 385 g/mol. The van der Waals surface area contributed by atoms with E-state index in [1.54, 1.807) is 12.1 Å². The van der Waals surface area contributed by atoms with Crippen LogP contribution in [0.1, 0.15) is 32.1 Å². The third-order valence-electron chi connectivity index (χ3n) is 4.75. The molecule has 8 nitrogen and oxygen atoms in total. The highest BCUT2D eigenvalue weighted by Crippen LogP contribution is 2.36. The highest BCUT2D eigenvalue weighted by molar-refractivity contribution is 7.91. The van der Waals surface area contributed by atoms with Crippen molar-refractivity contribution in [1.29, 1.82) is 0 Å². The highest BCUT2D eigenvalue weighted by atomic mass is 32.2. The van der Waals surface area contributed by atoms with Gasteiger partial charge in [-0.15, -0.1) is 4.91 Å². The molecule has 1 aromatic carbocycles. The molecule has 0 aliphatic heterocycles. The SMILES string of the molecule is COCOC1(C(=O)O)CCCC(CS(=O)(=O)c2ccccc2N=O)CC1. The van der Waals surface area contributed by atoms with Crippen molar-refractivity contribution in [3.8, 4) is 0 Å². The number of hydrogen-bond donors (Lipinski definition) is 1. The monoisotopic (exact) mass is 385 g/mol. The van der Waals surface area contributed by atoms with Crippen LogP contribution in [0, 0.1) is 10.8 Å². The minimum absolute atomic E-state index is 0.0839. The predicted molar refractivity (Wildman–Crippen MR) is 93.9 cm³/mol. The van der Waals surface area contributed by atoms with Crippen LogP contribution in [-0.4, -0.2) is 44.8 Å². The summed E-state index contributed by atoms with van der Waals surface area (Å²) >= 11 is 0. The van der Waals surface area contributed by atoms with Crippen LogP contribution in [0.5, 0.6) is 0 Å². The number of sulfone groups is 1. The molecule has 0 heterocycles. The lowest BCUT2D eigenvalue weighted by Gasteiger charge is -2.28. The van der Waals surface area contributed by atoms with E-state index in [9.17, 15) is 23.2 Å². The van der Waals surface area contributed by atoms with Crippen molar-refractivity contribution in [3.05, 3.63) is 29.2 Å². The fraction of sp³-hybridized carbons (Fsp3) is 0.588. The van der Waals surface area contributed by atoms with Gasteiger partial charge in [-0.1, -0.05) is 12.1 Å². The molecule has 1 aliphatic rings. The molecule has 2 rings (SSSR count). The van der Waals surface area contributed by atoms with E-state index in [1.807, 2.05) is 0 Å². The molecule has 2 atom stereocenters. The Morgan fingerprint density at radius 3 is 2.69 bits per heavy atom. The van der Waals surface area contributed by atoms with Gasteiger partial charge in [-0.2, -0.15) is 0 Å². The molecule has 1 saturated carbocycles. The standard InChI is InChI=1S/C17H23NO7S/c1-24-12-25-17(16(19)20)9-4-5-13(8-10-17)11-26(22,23)15-7-3-2-6-14(15)18-21/h2-3,6-7,13H,4-5,8-12H2,1H3,(H,19,20). The Bertz CT molecular complexity index is 749. The maximum Gasteiger partial charge on any atom is 0.336 e. The van der Waals surface area contributed by atoms with E-state index >= 15 is 0 Å². The fourth-order valence-electron chi connectivity index (χ4n) is 3.34. The Morgan fingerprint density at radius 2 is 2.04 bits per heavy atom. The van der Waals surface area contributed by atoms with Gasteiger partial charge in [0.05, 0.1) is 10.6 Å². The summed E-state index contributed by atoms with van der Waals surface area (Å²) in [5.74, 6) is -1.43. The van der Waals surface area contributed by atoms with Gasteiger partial charge in [0, 0.05) is 7.11 Å². The normalized spacial score (nSPS) is 24.0. The zero-order valence-electron chi connectivity index (χ0n) is 14.6. The van der Waals surface area contributed by atoms with Crippen LogP contribution < -0.4 is 0 Å². The molecule has 1 aliphatic carbocycles. The van der Waals surface area contributed by atoms with Crippen LogP contribution in [0.25, 0.3) is 0 Å². The van der Waals surface area contributed by atoms with Gasteiger partial charge in [-0.05, 0) is 55.3 Å². The number of methoxy groups -OCH3 is 1. The van der Waals surface area contributed by atoms with E-state index in [-0.39, 0.29) is 35.5 Å². The Morgan fingerprint density at radius 1 is 1.31 bits per heavy atom. The van der Waals surface area contributed by atoms with Crippen molar-refractivity contribution < 1.29 is 27.8 Å². The number of hydrogen-bond acceptors (Lipinski definition) is 7. The molecule has 0 spiro atoms. The molecule has 0 amide bonds. The number of carbonyl (C=O) groups is 1. The molecular weight excluding hydrogens is 362 g/mol. The van der Waals surface area contributed by atoms with Crippen molar-refractivity contribution in [3.63, 3.8) is 0 Å². The molecule has 0 saturated heterocycles. The van der Waals surface area contributed by atoms with Crippen molar-refractivity contribution in [2.75, 3.05) is 19.7 Å². The van der Waals surface area contributed by atoms with Crippen LogP contribution in [0.2, 0.25) is 0 Å². The second kappa shape index (κ2) is 8.70. The first-order valence-corrected chi connectivity index (χ1v) is 10.0. The lowest BCUT2D eigenvalue weighted by molar-refractivity contribution is -0.184. The first kappa shape index (κ1) is 20.5. The number of nitrogens with zero attached hydrogens (tertiary/aromatic N) is 1. The van der Waals surface area contributed by atoms with Gasteiger partial charge in [0.25, 0.3) is 0 Å². The summed E-state index contributed by atoms with van der Waals surface area (Å²) in [4.78, 5) is 22.5. The first-order valence-electron chi connectivity index (χ1n) is 8.36. The van der Waals surface area contributed by atoms with Gasteiger partial charge in [0.15, 0.2) is 15.4 Å². The molecule has 1 aromatic rings. The summed E-state index contributed by atoms with van der Waals surface area (Å²) in [6.45, 7) is -0.131. The summed E-state index contributed by atoms with van der Waals surface area (Å²) in [6.07, 6.45) is 2.01. The van der Waals surface area contributed by atoms with Crippen molar-refractivity contribution >= 4 is 21.5 Å². The number of nitroso groups, excluding NO2 is 1. The van der Waals surface area contributed by atoms with E-state index in [2.05, 4.69) is 5.18 Å².